The molecule has 0 N–H and O–H groups in total. The van der Waals surface area contributed by atoms with E-state index in [2.05, 4.69) is 10.2 Å². The van der Waals surface area contributed by atoms with Crippen molar-refractivity contribution in [3.63, 3.8) is 0 Å². The molecule has 1 fully saturated rings. The molecule has 2 atom stereocenters. The first kappa shape index (κ1) is 20.6. The first-order valence-corrected chi connectivity index (χ1v) is 10.0. The first-order chi connectivity index (χ1) is 15.3. The van der Waals surface area contributed by atoms with Crippen LogP contribution in [0, 0.1) is 12.7 Å². The van der Waals surface area contributed by atoms with Crippen molar-refractivity contribution >= 4 is 5.91 Å². The average molecular weight is 446 g/mol. The molecule has 32 heavy (non-hydrogen) atoms. The fraction of sp³-hybridized carbons (Fsp3) is 0.318. The molecule has 166 valence electrons. The van der Waals surface area contributed by atoms with Gasteiger partial charge in [0, 0.05) is 17.7 Å². The fourth-order valence-corrected chi connectivity index (χ4v) is 4.46. The summed E-state index contributed by atoms with van der Waals surface area (Å²) >= 11 is 0. The highest BCUT2D eigenvalue weighted by Crippen LogP contribution is 2.38. The molecule has 2 aliphatic rings. The van der Waals surface area contributed by atoms with Crippen LogP contribution in [0.25, 0.3) is 11.4 Å². The minimum absolute atomic E-state index is 0.00319. The molecule has 10 heteroatoms. The van der Waals surface area contributed by atoms with Gasteiger partial charge in [-0.3, -0.25) is 4.79 Å². The number of rotatable bonds is 2. The number of carbonyl (C=O) groups excluding carboxylic acids is 1. The zero-order valence-corrected chi connectivity index (χ0v) is 16.9. The highest BCUT2D eigenvalue weighted by molar-refractivity contribution is 5.96. The summed E-state index contributed by atoms with van der Waals surface area (Å²) in [4.78, 5) is 15.0. The molecule has 5 rings (SSSR count). The Morgan fingerprint density at radius 3 is 2.56 bits per heavy atom. The van der Waals surface area contributed by atoms with Gasteiger partial charge >= 0.3 is 6.18 Å². The maximum Gasteiger partial charge on any atom is 0.416 e. The molecule has 2 bridgehead atoms. The predicted octanol–water partition coefficient (Wildman–Crippen LogP) is 4.01. The van der Waals surface area contributed by atoms with Gasteiger partial charge in [-0.25, -0.2) is 4.39 Å². The van der Waals surface area contributed by atoms with Crippen molar-refractivity contribution in [2.45, 2.75) is 31.7 Å². The van der Waals surface area contributed by atoms with Gasteiger partial charge in [-0.05, 0) is 48.9 Å². The number of alkyl halides is 3. The molecule has 6 nitrogen and oxygen atoms in total. The quantitative estimate of drug-likeness (QED) is 0.559. The zero-order valence-electron chi connectivity index (χ0n) is 16.9. The number of amides is 1. The van der Waals surface area contributed by atoms with Crippen LogP contribution in [0.1, 0.15) is 33.4 Å². The van der Waals surface area contributed by atoms with Gasteiger partial charge in [-0.15, -0.1) is 10.2 Å². The second-order valence-electron chi connectivity index (χ2n) is 7.89. The van der Waals surface area contributed by atoms with E-state index in [-0.39, 0.29) is 30.2 Å². The van der Waals surface area contributed by atoms with Crippen LogP contribution < -0.4 is 0 Å². The molecule has 2 aromatic carbocycles. The van der Waals surface area contributed by atoms with E-state index in [0.717, 1.165) is 6.07 Å². The highest BCUT2D eigenvalue weighted by atomic mass is 19.4. The van der Waals surface area contributed by atoms with Crippen LogP contribution in [-0.2, 0) is 17.5 Å². The molecule has 1 amide bonds. The van der Waals surface area contributed by atoms with Crippen molar-refractivity contribution < 1.29 is 27.1 Å². The Balaban J connectivity index is 1.54. The molecule has 1 saturated heterocycles. The van der Waals surface area contributed by atoms with Crippen LogP contribution in [0.4, 0.5) is 17.6 Å². The lowest BCUT2D eigenvalue weighted by molar-refractivity contribution is -0.138. The van der Waals surface area contributed by atoms with Crippen LogP contribution in [0.15, 0.2) is 42.5 Å². The van der Waals surface area contributed by atoms with Crippen molar-refractivity contribution in [3.05, 3.63) is 70.8 Å². The molecule has 0 radical (unpaired) electrons. The second kappa shape index (κ2) is 7.40. The van der Waals surface area contributed by atoms with Gasteiger partial charge < -0.3 is 14.2 Å². The lowest BCUT2D eigenvalue weighted by Gasteiger charge is -2.45. The number of benzene rings is 2. The molecule has 0 spiro atoms. The van der Waals surface area contributed by atoms with Crippen LogP contribution in [-0.4, -0.2) is 44.8 Å². The summed E-state index contributed by atoms with van der Waals surface area (Å²) in [6.45, 7) is 2.01. The van der Waals surface area contributed by atoms with Crippen molar-refractivity contribution in [2.24, 2.45) is 0 Å². The average Bonchev–Trinajstić information content (AvgIpc) is 3.16. The van der Waals surface area contributed by atoms with Gasteiger partial charge in [0.2, 0.25) is 0 Å². The number of hydrogen-bond acceptors (Lipinski definition) is 4. The maximum atomic E-state index is 13.4. The number of morpholine rings is 1. The number of aromatic nitrogens is 3. The van der Waals surface area contributed by atoms with E-state index in [1.165, 1.54) is 31.2 Å². The van der Waals surface area contributed by atoms with Gasteiger partial charge in [-0.1, -0.05) is 6.07 Å². The molecule has 2 aliphatic heterocycles. The Morgan fingerprint density at radius 1 is 1.09 bits per heavy atom. The Kier molecular flexibility index (Phi) is 4.77. The summed E-state index contributed by atoms with van der Waals surface area (Å²) < 4.78 is 60.9. The molecule has 0 saturated carbocycles. The predicted molar refractivity (Wildman–Crippen MR) is 105 cm³/mol. The van der Waals surface area contributed by atoms with E-state index in [1.54, 1.807) is 17.0 Å². The summed E-state index contributed by atoms with van der Waals surface area (Å²) in [5.41, 5.74) is -0.257. The standard InChI is InChI=1S/C22H18F4N4O2/c1-12-16(3-2-4-17(12)22(24,25)26)21(31)30-15-9-29-19(13-5-7-14(23)8-6-13)27-28-20(29)18(30)11-32-10-15/h2-8,15,18H,9-11H2,1H3. The topological polar surface area (TPSA) is 60.3 Å². The summed E-state index contributed by atoms with van der Waals surface area (Å²) in [5.74, 6) is 0.160. The Hall–Kier alpha value is -3.27. The van der Waals surface area contributed by atoms with Crippen molar-refractivity contribution in [3.8, 4) is 11.4 Å². The largest absolute Gasteiger partial charge is 0.416 e. The van der Waals surface area contributed by atoms with E-state index in [0.29, 0.717) is 23.8 Å². The minimum atomic E-state index is -4.55. The van der Waals surface area contributed by atoms with Gasteiger partial charge in [0.25, 0.3) is 5.91 Å². The third-order valence-corrected chi connectivity index (χ3v) is 5.99. The zero-order chi connectivity index (χ0) is 22.6. The molecule has 3 heterocycles. The lowest BCUT2D eigenvalue weighted by Crippen LogP contribution is -2.56. The number of halogens is 4. The third-order valence-electron chi connectivity index (χ3n) is 5.99. The Labute approximate surface area is 180 Å². The van der Waals surface area contributed by atoms with Crippen LogP contribution in [0.2, 0.25) is 0 Å². The van der Waals surface area contributed by atoms with E-state index in [9.17, 15) is 22.4 Å². The number of hydrogen-bond donors (Lipinski definition) is 0. The normalized spacial score (nSPS) is 20.2. The Bertz CT molecular complexity index is 1190. The van der Waals surface area contributed by atoms with E-state index in [1.807, 2.05) is 4.57 Å². The number of carbonyl (C=O) groups is 1. The summed E-state index contributed by atoms with van der Waals surface area (Å²) in [7, 11) is 0. The summed E-state index contributed by atoms with van der Waals surface area (Å²) in [6.07, 6.45) is -4.55. The minimum Gasteiger partial charge on any atom is -0.377 e. The number of nitrogens with zero attached hydrogens (tertiary/aromatic N) is 4. The molecule has 0 aliphatic carbocycles. The van der Waals surface area contributed by atoms with Crippen LogP contribution in [0.3, 0.4) is 0 Å². The highest BCUT2D eigenvalue weighted by Gasteiger charge is 2.44. The monoisotopic (exact) mass is 446 g/mol. The van der Waals surface area contributed by atoms with Crippen molar-refractivity contribution in [1.29, 1.82) is 0 Å². The molecule has 3 aromatic rings. The number of ether oxygens (including phenoxy) is 1. The first-order valence-electron chi connectivity index (χ1n) is 10.0. The van der Waals surface area contributed by atoms with Gasteiger partial charge in [0.15, 0.2) is 11.6 Å². The van der Waals surface area contributed by atoms with Crippen LogP contribution >= 0.6 is 0 Å². The number of fused-ring (bicyclic) bond motifs is 4. The lowest BCUT2D eigenvalue weighted by atomic mass is 9.97. The SMILES string of the molecule is Cc1c(C(=O)N2C3COCC2c2nnc(-c4ccc(F)cc4)n2C3)cccc1C(F)(F)F. The van der Waals surface area contributed by atoms with E-state index in [4.69, 9.17) is 4.74 Å². The summed E-state index contributed by atoms with van der Waals surface area (Å²) in [5, 5.41) is 8.48. The molecular formula is C22H18F4N4O2. The third kappa shape index (κ3) is 3.26. The van der Waals surface area contributed by atoms with Gasteiger partial charge in [0.1, 0.15) is 11.9 Å². The van der Waals surface area contributed by atoms with E-state index >= 15 is 0 Å². The summed E-state index contributed by atoms with van der Waals surface area (Å²) in [6, 6.07) is 8.49. The maximum absolute atomic E-state index is 13.4. The van der Waals surface area contributed by atoms with Crippen LogP contribution in [0.5, 0.6) is 0 Å². The molecule has 1 aromatic heterocycles. The Morgan fingerprint density at radius 2 is 1.84 bits per heavy atom. The molecule has 2 unspecified atom stereocenters. The van der Waals surface area contributed by atoms with E-state index < -0.39 is 29.7 Å². The molecular weight excluding hydrogens is 428 g/mol. The smallest absolute Gasteiger partial charge is 0.377 e. The fourth-order valence-electron chi connectivity index (χ4n) is 4.46. The van der Waals surface area contributed by atoms with Gasteiger partial charge in [-0.2, -0.15) is 13.2 Å². The van der Waals surface area contributed by atoms with Crippen molar-refractivity contribution in [2.75, 3.05) is 13.2 Å². The second-order valence-corrected chi connectivity index (χ2v) is 7.89. The van der Waals surface area contributed by atoms with Crippen molar-refractivity contribution in [1.82, 2.24) is 19.7 Å². The van der Waals surface area contributed by atoms with Gasteiger partial charge in [0.05, 0.1) is 24.8 Å².